The van der Waals surface area contributed by atoms with Crippen LogP contribution in [0.4, 0.5) is 0 Å². The minimum atomic E-state index is 0.360. The van der Waals surface area contributed by atoms with Gasteiger partial charge in [-0.2, -0.15) is 0 Å². The summed E-state index contributed by atoms with van der Waals surface area (Å²) >= 11 is 1.95. The normalized spacial score (nSPS) is 31.5. The molecule has 1 aliphatic heterocycles. The number of aryl methyl sites for hydroxylation is 1. The van der Waals surface area contributed by atoms with Gasteiger partial charge in [-0.1, -0.05) is 0 Å². The van der Waals surface area contributed by atoms with Crippen molar-refractivity contribution in [2.24, 2.45) is 5.92 Å². The number of nitrogens with zero attached hydrogens (tertiary/aromatic N) is 1. The predicted octanol–water partition coefficient (Wildman–Crippen LogP) is 3.19. The highest BCUT2D eigenvalue weighted by molar-refractivity contribution is 7.12. The van der Waals surface area contributed by atoms with Crippen molar-refractivity contribution in [2.45, 2.75) is 45.2 Å². The molecule has 0 spiro atoms. The second kappa shape index (κ2) is 4.62. The molecule has 1 aromatic heterocycles. The van der Waals surface area contributed by atoms with E-state index in [1.165, 1.54) is 35.7 Å². The third-order valence-corrected chi connectivity index (χ3v) is 5.83. The third kappa shape index (κ3) is 2.36. The molecule has 0 amide bonds. The molecule has 1 aliphatic carbocycles. The summed E-state index contributed by atoms with van der Waals surface area (Å²) in [6.45, 7) is 10.5. The van der Waals surface area contributed by atoms with Crippen molar-refractivity contribution in [3.05, 3.63) is 21.9 Å². The summed E-state index contributed by atoms with van der Waals surface area (Å²) in [5.41, 5.74) is 0.360. The number of rotatable bonds is 3. The monoisotopic (exact) mass is 264 g/mol. The van der Waals surface area contributed by atoms with Crippen LogP contribution in [-0.4, -0.2) is 30.1 Å². The Morgan fingerprint density at radius 1 is 1.44 bits per heavy atom. The van der Waals surface area contributed by atoms with E-state index in [0.717, 1.165) is 12.5 Å². The molecule has 2 nitrogen and oxygen atoms in total. The average molecular weight is 264 g/mol. The Labute approximate surface area is 114 Å². The number of hydrogen-bond acceptors (Lipinski definition) is 3. The van der Waals surface area contributed by atoms with Crippen molar-refractivity contribution in [2.75, 3.05) is 19.6 Å². The zero-order chi connectivity index (χ0) is 12.8. The highest BCUT2D eigenvalue weighted by atomic mass is 32.1. The molecule has 0 radical (unpaired) electrons. The standard InChI is InChI=1S/C15H24N2S/c1-11-4-7-14(18-11)12(2)17-9-8-16-15(3,10-17)13-5-6-13/h4,7,12-13,16H,5-6,8-10H2,1-3H3. The molecule has 3 heteroatoms. The predicted molar refractivity (Wildman–Crippen MR) is 78.2 cm³/mol. The number of thiophene rings is 1. The fraction of sp³-hybridized carbons (Fsp3) is 0.733. The van der Waals surface area contributed by atoms with Gasteiger partial charge in [-0.25, -0.2) is 0 Å². The van der Waals surface area contributed by atoms with Crippen LogP contribution < -0.4 is 5.32 Å². The van der Waals surface area contributed by atoms with E-state index in [0.29, 0.717) is 11.6 Å². The Morgan fingerprint density at radius 3 is 2.83 bits per heavy atom. The zero-order valence-electron chi connectivity index (χ0n) is 11.7. The average Bonchev–Trinajstić information content (AvgIpc) is 3.12. The van der Waals surface area contributed by atoms with Gasteiger partial charge in [-0.3, -0.25) is 4.90 Å². The van der Waals surface area contributed by atoms with Crippen LogP contribution in [0.15, 0.2) is 12.1 Å². The second-order valence-electron chi connectivity index (χ2n) is 6.21. The molecule has 1 N–H and O–H groups in total. The Bertz CT molecular complexity index is 424. The molecule has 3 rings (SSSR count). The Hall–Kier alpha value is -0.380. The maximum absolute atomic E-state index is 3.76. The lowest BCUT2D eigenvalue weighted by atomic mass is 9.92. The van der Waals surface area contributed by atoms with E-state index >= 15 is 0 Å². The molecular weight excluding hydrogens is 240 g/mol. The number of hydrogen-bond donors (Lipinski definition) is 1. The van der Waals surface area contributed by atoms with Crippen LogP contribution in [0.25, 0.3) is 0 Å². The molecule has 1 saturated carbocycles. The molecule has 2 unspecified atom stereocenters. The van der Waals surface area contributed by atoms with Gasteiger partial charge in [-0.15, -0.1) is 11.3 Å². The second-order valence-corrected chi connectivity index (χ2v) is 7.53. The van der Waals surface area contributed by atoms with Gasteiger partial charge >= 0.3 is 0 Å². The maximum Gasteiger partial charge on any atom is 0.0414 e. The highest BCUT2D eigenvalue weighted by Crippen LogP contribution is 2.42. The Kier molecular flexibility index (Phi) is 3.25. The van der Waals surface area contributed by atoms with Crippen molar-refractivity contribution >= 4 is 11.3 Å². The first-order valence-electron chi connectivity index (χ1n) is 7.14. The number of nitrogens with one attached hydrogen (secondary N) is 1. The summed E-state index contributed by atoms with van der Waals surface area (Å²) in [5.74, 6) is 0.914. The van der Waals surface area contributed by atoms with Crippen molar-refractivity contribution in [3.8, 4) is 0 Å². The van der Waals surface area contributed by atoms with Crippen LogP contribution in [0.3, 0.4) is 0 Å². The molecule has 2 atom stereocenters. The summed E-state index contributed by atoms with van der Waals surface area (Å²) in [4.78, 5) is 5.62. The first-order valence-corrected chi connectivity index (χ1v) is 7.95. The van der Waals surface area contributed by atoms with E-state index in [9.17, 15) is 0 Å². The fourth-order valence-corrected chi connectivity index (χ4v) is 4.19. The van der Waals surface area contributed by atoms with Crippen LogP contribution in [-0.2, 0) is 0 Å². The van der Waals surface area contributed by atoms with Crippen LogP contribution in [0.1, 0.15) is 42.5 Å². The lowest BCUT2D eigenvalue weighted by Gasteiger charge is -2.44. The molecule has 0 bridgehead atoms. The van der Waals surface area contributed by atoms with Gasteiger partial charge < -0.3 is 5.32 Å². The third-order valence-electron chi connectivity index (χ3n) is 4.66. The maximum atomic E-state index is 3.76. The molecule has 2 aliphatic rings. The summed E-state index contributed by atoms with van der Waals surface area (Å²) < 4.78 is 0. The molecule has 100 valence electrons. The van der Waals surface area contributed by atoms with Gasteiger partial charge in [0.2, 0.25) is 0 Å². The lowest BCUT2D eigenvalue weighted by Crippen LogP contribution is -2.60. The van der Waals surface area contributed by atoms with E-state index in [4.69, 9.17) is 0 Å². The van der Waals surface area contributed by atoms with E-state index in [2.05, 4.69) is 43.1 Å². The van der Waals surface area contributed by atoms with Gasteiger partial charge in [0.1, 0.15) is 0 Å². The van der Waals surface area contributed by atoms with Gasteiger partial charge in [-0.05, 0) is 51.7 Å². The quantitative estimate of drug-likeness (QED) is 0.902. The lowest BCUT2D eigenvalue weighted by molar-refractivity contribution is 0.0959. The van der Waals surface area contributed by atoms with E-state index in [1.807, 2.05) is 11.3 Å². The van der Waals surface area contributed by atoms with Crippen molar-refractivity contribution in [3.63, 3.8) is 0 Å². The van der Waals surface area contributed by atoms with E-state index < -0.39 is 0 Å². The largest absolute Gasteiger partial charge is 0.309 e. The molecular formula is C15H24N2S. The van der Waals surface area contributed by atoms with Crippen molar-refractivity contribution in [1.82, 2.24) is 10.2 Å². The molecule has 2 heterocycles. The van der Waals surface area contributed by atoms with Crippen LogP contribution >= 0.6 is 11.3 Å². The summed E-state index contributed by atoms with van der Waals surface area (Å²) in [6, 6.07) is 5.13. The Balaban J connectivity index is 1.71. The first-order chi connectivity index (χ1) is 8.58. The van der Waals surface area contributed by atoms with Crippen molar-refractivity contribution < 1.29 is 0 Å². The molecule has 18 heavy (non-hydrogen) atoms. The fourth-order valence-electron chi connectivity index (χ4n) is 3.22. The zero-order valence-corrected chi connectivity index (χ0v) is 12.5. The topological polar surface area (TPSA) is 15.3 Å². The number of piperazine rings is 1. The SMILES string of the molecule is Cc1ccc(C(C)N2CCNC(C)(C3CC3)C2)s1. The summed E-state index contributed by atoms with van der Waals surface area (Å²) in [6.07, 6.45) is 2.84. The van der Waals surface area contributed by atoms with Gasteiger partial charge in [0, 0.05) is 41.0 Å². The van der Waals surface area contributed by atoms with E-state index in [-0.39, 0.29) is 0 Å². The summed E-state index contributed by atoms with van der Waals surface area (Å²) in [7, 11) is 0. The van der Waals surface area contributed by atoms with Gasteiger partial charge in [0.05, 0.1) is 0 Å². The molecule has 2 fully saturated rings. The van der Waals surface area contributed by atoms with Crippen LogP contribution in [0.2, 0.25) is 0 Å². The van der Waals surface area contributed by atoms with E-state index in [1.54, 1.807) is 0 Å². The van der Waals surface area contributed by atoms with Crippen LogP contribution in [0.5, 0.6) is 0 Å². The van der Waals surface area contributed by atoms with Crippen molar-refractivity contribution in [1.29, 1.82) is 0 Å². The summed E-state index contributed by atoms with van der Waals surface area (Å²) in [5, 5.41) is 3.76. The molecule has 1 saturated heterocycles. The molecule has 0 aromatic carbocycles. The minimum absolute atomic E-state index is 0.360. The highest BCUT2D eigenvalue weighted by Gasteiger charge is 2.44. The smallest absolute Gasteiger partial charge is 0.0414 e. The molecule has 1 aromatic rings. The van der Waals surface area contributed by atoms with Crippen LogP contribution in [0, 0.1) is 12.8 Å². The van der Waals surface area contributed by atoms with Gasteiger partial charge in [0.25, 0.3) is 0 Å². The minimum Gasteiger partial charge on any atom is -0.309 e. The first kappa shape index (κ1) is 12.6. The Morgan fingerprint density at radius 2 is 2.22 bits per heavy atom. The van der Waals surface area contributed by atoms with Gasteiger partial charge in [0.15, 0.2) is 0 Å².